The Morgan fingerprint density at radius 2 is 1.86 bits per heavy atom. The van der Waals surface area contributed by atoms with Crippen LogP contribution in [-0.2, 0) is 0 Å². The van der Waals surface area contributed by atoms with Gasteiger partial charge in [0.2, 0.25) is 0 Å². The summed E-state index contributed by atoms with van der Waals surface area (Å²) in [6.45, 7) is 0.587. The van der Waals surface area contributed by atoms with E-state index in [1.165, 1.54) is 12.0 Å². The van der Waals surface area contributed by atoms with Crippen molar-refractivity contribution < 1.29 is 27.8 Å². The molecule has 4 rings (SSSR count). The summed E-state index contributed by atoms with van der Waals surface area (Å²) in [5.74, 6) is -2.04. The number of Topliss-reactive ketones (excluding diaryl/α,β-unsaturated/α-hetero) is 1. The zero-order chi connectivity index (χ0) is 20.6. The van der Waals surface area contributed by atoms with Crippen LogP contribution >= 0.6 is 0 Å². The molecule has 2 aliphatic heterocycles. The number of fused-ring (bicyclic) bond motifs is 1. The number of ketones is 1. The second kappa shape index (κ2) is 7.46. The van der Waals surface area contributed by atoms with Crippen LogP contribution in [0.1, 0.15) is 46.4 Å². The third-order valence-corrected chi connectivity index (χ3v) is 5.65. The maximum Gasteiger partial charge on any atom is 0.259 e. The topological polar surface area (TPSA) is 55.8 Å². The molecule has 2 aliphatic rings. The zero-order valence-corrected chi connectivity index (χ0v) is 16.0. The Hall–Kier alpha value is -2.96. The quantitative estimate of drug-likeness (QED) is 0.763. The summed E-state index contributed by atoms with van der Waals surface area (Å²) in [6, 6.07) is 9.11. The van der Waals surface area contributed by atoms with E-state index in [0.717, 1.165) is 12.1 Å². The standard InChI is InChI=1S/C22H21F2NO4/c1-28-14-11-16(23)20(17(24)12-14)21(27)25-9-4-7-22(8-10-25)13-18(26)15-5-2-3-6-19(15)29-22/h2-3,5-6,11-12H,4,7-10,13H2,1H3. The van der Waals surface area contributed by atoms with Crippen molar-refractivity contribution in [2.75, 3.05) is 20.2 Å². The van der Waals surface area contributed by atoms with Crippen LogP contribution in [0, 0.1) is 11.6 Å². The smallest absolute Gasteiger partial charge is 0.259 e. The number of nitrogens with zero attached hydrogens (tertiary/aromatic N) is 1. The van der Waals surface area contributed by atoms with Gasteiger partial charge in [0.15, 0.2) is 5.78 Å². The maximum atomic E-state index is 14.3. The Labute approximate surface area is 167 Å². The summed E-state index contributed by atoms with van der Waals surface area (Å²) >= 11 is 0. The van der Waals surface area contributed by atoms with E-state index in [0.29, 0.717) is 37.1 Å². The predicted octanol–water partition coefficient (Wildman–Crippen LogP) is 4.00. The van der Waals surface area contributed by atoms with Crippen molar-refractivity contribution in [1.29, 1.82) is 0 Å². The third kappa shape index (κ3) is 3.57. The molecule has 1 unspecified atom stereocenters. The van der Waals surface area contributed by atoms with Gasteiger partial charge < -0.3 is 14.4 Å². The molecule has 2 aromatic rings. The molecule has 1 fully saturated rings. The van der Waals surface area contributed by atoms with E-state index in [9.17, 15) is 18.4 Å². The van der Waals surface area contributed by atoms with Crippen LogP contribution < -0.4 is 9.47 Å². The summed E-state index contributed by atoms with van der Waals surface area (Å²) in [5.41, 5.74) is -0.720. The minimum Gasteiger partial charge on any atom is -0.497 e. The molecule has 1 amide bonds. The number of likely N-dealkylation sites (tertiary alicyclic amines) is 1. The molecule has 7 heteroatoms. The van der Waals surface area contributed by atoms with Crippen LogP contribution in [0.2, 0.25) is 0 Å². The third-order valence-electron chi connectivity index (χ3n) is 5.65. The summed E-state index contributed by atoms with van der Waals surface area (Å²) in [6.07, 6.45) is 1.81. The summed E-state index contributed by atoms with van der Waals surface area (Å²) in [4.78, 5) is 26.8. The molecule has 0 saturated carbocycles. The van der Waals surface area contributed by atoms with Crippen molar-refractivity contribution in [3.63, 3.8) is 0 Å². The highest BCUT2D eigenvalue weighted by molar-refractivity contribution is 6.00. The summed E-state index contributed by atoms with van der Waals surface area (Å²) < 4.78 is 39.7. The highest BCUT2D eigenvalue weighted by Crippen LogP contribution is 2.39. The van der Waals surface area contributed by atoms with Crippen molar-refractivity contribution in [3.05, 3.63) is 59.2 Å². The van der Waals surface area contributed by atoms with Crippen LogP contribution in [0.25, 0.3) is 0 Å². The van der Waals surface area contributed by atoms with Crippen molar-refractivity contribution in [2.45, 2.75) is 31.3 Å². The van der Waals surface area contributed by atoms with Crippen LogP contribution in [0.15, 0.2) is 36.4 Å². The first-order valence-electron chi connectivity index (χ1n) is 9.56. The number of methoxy groups -OCH3 is 1. The second-order valence-electron chi connectivity index (χ2n) is 7.49. The molecule has 2 aromatic carbocycles. The molecule has 2 heterocycles. The molecular weight excluding hydrogens is 380 g/mol. The highest BCUT2D eigenvalue weighted by atomic mass is 19.1. The van der Waals surface area contributed by atoms with Gasteiger partial charge in [-0.15, -0.1) is 0 Å². The normalized spacial score (nSPS) is 21.3. The fourth-order valence-corrected chi connectivity index (χ4v) is 4.12. The lowest BCUT2D eigenvalue weighted by Crippen LogP contribution is -2.43. The Kier molecular flexibility index (Phi) is 4.98. The van der Waals surface area contributed by atoms with Crippen LogP contribution in [-0.4, -0.2) is 42.4 Å². The number of benzene rings is 2. The lowest BCUT2D eigenvalue weighted by atomic mass is 9.84. The SMILES string of the molecule is COc1cc(F)c(C(=O)N2CCCC3(CC2)CC(=O)c2ccccc2O3)c(F)c1. The number of para-hydroxylation sites is 1. The first-order chi connectivity index (χ1) is 13.9. The molecule has 1 atom stereocenters. The van der Waals surface area contributed by atoms with Crippen LogP contribution in [0.3, 0.4) is 0 Å². The van der Waals surface area contributed by atoms with Gasteiger partial charge in [-0.3, -0.25) is 9.59 Å². The fraction of sp³-hybridized carbons (Fsp3) is 0.364. The number of ether oxygens (including phenoxy) is 2. The van der Waals surface area contributed by atoms with Gasteiger partial charge in [0.1, 0.15) is 34.3 Å². The number of carbonyl (C=O) groups excluding carboxylic acids is 2. The van der Waals surface area contributed by atoms with Crippen molar-refractivity contribution >= 4 is 11.7 Å². The molecule has 0 aliphatic carbocycles. The lowest BCUT2D eigenvalue weighted by Gasteiger charge is -2.37. The molecule has 0 radical (unpaired) electrons. The number of rotatable bonds is 2. The predicted molar refractivity (Wildman–Crippen MR) is 101 cm³/mol. The molecule has 5 nitrogen and oxygen atoms in total. The largest absolute Gasteiger partial charge is 0.497 e. The van der Waals surface area contributed by atoms with Gasteiger partial charge in [0.05, 0.1) is 19.1 Å². The van der Waals surface area contributed by atoms with E-state index in [-0.39, 0.29) is 24.5 Å². The molecule has 1 saturated heterocycles. The Morgan fingerprint density at radius 3 is 2.59 bits per heavy atom. The van der Waals surface area contributed by atoms with E-state index in [1.54, 1.807) is 18.2 Å². The summed E-state index contributed by atoms with van der Waals surface area (Å²) in [7, 11) is 1.30. The average Bonchev–Trinajstić information content (AvgIpc) is 2.89. The zero-order valence-electron chi connectivity index (χ0n) is 16.0. The van der Waals surface area contributed by atoms with Crippen LogP contribution in [0.5, 0.6) is 11.5 Å². The second-order valence-corrected chi connectivity index (χ2v) is 7.49. The van der Waals surface area contributed by atoms with Crippen molar-refractivity contribution in [1.82, 2.24) is 4.90 Å². The number of hydrogen-bond acceptors (Lipinski definition) is 4. The first-order valence-corrected chi connectivity index (χ1v) is 9.56. The van der Waals surface area contributed by atoms with Gasteiger partial charge >= 0.3 is 0 Å². The number of carbonyl (C=O) groups is 2. The monoisotopic (exact) mass is 401 g/mol. The Morgan fingerprint density at radius 1 is 1.14 bits per heavy atom. The Bertz CT molecular complexity index is 954. The van der Waals surface area contributed by atoms with Gasteiger partial charge in [-0.2, -0.15) is 0 Å². The maximum absolute atomic E-state index is 14.3. The molecular formula is C22H21F2NO4. The van der Waals surface area contributed by atoms with E-state index in [4.69, 9.17) is 9.47 Å². The van der Waals surface area contributed by atoms with E-state index >= 15 is 0 Å². The summed E-state index contributed by atoms with van der Waals surface area (Å²) in [5, 5.41) is 0. The Balaban J connectivity index is 1.54. The molecule has 1 spiro atoms. The van der Waals surface area contributed by atoms with Crippen LogP contribution in [0.4, 0.5) is 8.78 Å². The van der Waals surface area contributed by atoms with Gasteiger partial charge in [-0.1, -0.05) is 12.1 Å². The minimum absolute atomic E-state index is 0.0128. The van der Waals surface area contributed by atoms with Gasteiger partial charge in [0, 0.05) is 31.6 Å². The molecule has 0 bridgehead atoms. The van der Waals surface area contributed by atoms with Gasteiger partial charge in [-0.25, -0.2) is 8.78 Å². The number of hydrogen-bond donors (Lipinski definition) is 0. The molecule has 29 heavy (non-hydrogen) atoms. The molecule has 0 N–H and O–H groups in total. The first kappa shape index (κ1) is 19.4. The molecule has 0 aromatic heterocycles. The van der Waals surface area contributed by atoms with Crippen molar-refractivity contribution in [2.24, 2.45) is 0 Å². The number of amides is 1. The lowest BCUT2D eigenvalue weighted by molar-refractivity contribution is 0.0300. The van der Waals surface area contributed by atoms with E-state index in [1.807, 2.05) is 6.07 Å². The average molecular weight is 401 g/mol. The number of halogens is 2. The van der Waals surface area contributed by atoms with Crippen molar-refractivity contribution in [3.8, 4) is 11.5 Å². The van der Waals surface area contributed by atoms with E-state index < -0.39 is 28.7 Å². The minimum atomic E-state index is -0.955. The molecule has 152 valence electrons. The highest BCUT2D eigenvalue weighted by Gasteiger charge is 2.42. The fourth-order valence-electron chi connectivity index (χ4n) is 4.12. The van der Waals surface area contributed by atoms with Gasteiger partial charge in [-0.05, 0) is 25.0 Å². The van der Waals surface area contributed by atoms with E-state index in [2.05, 4.69) is 0 Å². The van der Waals surface area contributed by atoms with Gasteiger partial charge in [0.25, 0.3) is 5.91 Å².